The molecule has 1 aliphatic heterocycles. The number of ether oxygens (including phenoxy) is 1. The maximum absolute atomic E-state index is 9.00. The van der Waals surface area contributed by atoms with Crippen LogP contribution in [0.5, 0.6) is 0 Å². The first kappa shape index (κ1) is 10.5. The van der Waals surface area contributed by atoms with Crippen molar-refractivity contribution in [2.75, 3.05) is 26.3 Å². The van der Waals surface area contributed by atoms with E-state index in [1.807, 2.05) is 13.2 Å². The van der Waals surface area contributed by atoms with Crippen molar-refractivity contribution < 1.29 is 9.84 Å². The molecule has 1 atom stereocenters. The fraction of sp³-hybridized carbons (Fsp3) is 0.778. The predicted molar refractivity (Wildman–Crippen MR) is 53.1 cm³/mol. The van der Waals surface area contributed by atoms with Crippen LogP contribution < -0.4 is 0 Å². The van der Waals surface area contributed by atoms with E-state index >= 15 is 0 Å². The highest BCUT2D eigenvalue weighted by Crippen LogP contribution is 2.07. The van der Waals surface area contributed by atoms with Crippen molar-refractivity contribution in [2.45, 2.75) is 12.6 Å². The smallest absolute Gasteiger partial charge is 0.0967 e. The quantitative estimate of drug-likeness (QED) is 0.697. The van der Waals surface area contributed by atoms with E-state index in [2.05, 4.69) is 15.2 Å². The third-order valence-electron chi connectivity index (χ3n) is 2.46. The van der Waals surface area contributed by atoms with Crippen LogP contribution in [0.1, 0.15) is 5.69 Å². The lowest BCUT2D eigenvalue weighted by Gasteiger charge is -2.31. The van der Waals surface area contributed by atoms with Crippen LogP contribution in [0.2, 0.25) is 0 Å². The third-order valence-corrected chi connectivity index (χ3v) is 2.46. The molecule has 0 aliphatic carbocycles. The standard InChI is InChI=1S/C9H16N4O2/c1-12-4-8(10-11-12)5-13-2-3-15-9(6-13)7-14/h4,9,14H,2-3,5-7H2,1H3. The van der Waals surface area contributed by atoms with Gasteiger partial charge in [0.15, 0.2) is 0 Å². The Bertz CT molecular complexity index is 315. The SMILES string of the molecule is Cn1cc(CN2CCOC(CO)C2)nn1. The highest BCUT2D eigenvalue weighted by Gasteiger charge is 2.20. The molecule has 0 amide bonds. The average Bonchev–Trinajstić information content (AvgIpc) is 2.64. The van der Waals surface area contributed by atoms with Gasteiger partial charge in [0.1, 0.15) is 0 Å². The van der Waals surface area contributed by atoms with Crippen LogP contribution >= 0.6 is 0 Å². The summed E-state index contributed by atoms with van der Waals surface area (Å²) >= 11 is 0. The summed E-state index contributed by atoms with van der Waals surface area (Å²) in [6, 6.07) is 0. The monoisotopic (exact) mass is 212 g/mol. The zero-order chi connectivity index (χ0) is 10.7. The molecule has 0 bridgehead atoms. The molecule has 6 heteroatoms. The van der Waals surface area contributed by atoms with E-state index in [1.54, 1.807) is 4.68 Å². The van der Waals surface area contributed by atoms with E-state index in [-0.39, 0.29) is 12.7 Å². The fourth-order valence-corrected chi connectivity index (χ4v) is 1.73. The normalized spacial score (nSPS) is 23.2. The number of nitrogens with zero attached hydrogens (tertiary/aromatic N) is 4. The van der Waals surface area contributed by atoms with Gasteiger partial charge in [-0.25, -0.2) is 0 Å². The summed E-state index contributed by atoms with van der Waals surface area (Å²) in [5, 5.41) is 16.9. The molecule has 2 heterocycles. The van der Waals surface area contributed by atoms with Gasteiger partial charge in [0.05, 0.1) is 25.0 Å². The van der Waals surface area contributed by atoms with Gasteiger partial charge in [-0.15, -0.1) is 5.10 Å². The zero-order valence-electron chi connectivity index (χ0n) is 8.83. The van der Waals surface area contributed by atoms with Crippen molar-refractivity contribution in [3.05, 3.63) is 11.9 Å². The summed E-state index contributed by atoms with van der Waals surface area (Å²) in [6.07, 6.45) is 1.85. The molecule has 1 aromatic heterocycles. The molecule has 0 spiro atoms. The first-order chi connectivity index (χ1) is 7.28. The minimum Gasteiger partial charge on any atom is -0.394 e. The number of morpholine rings is 1. The van der Waals surface area contributed by atoms with Crippen LogP contribution in [-0.4, -0.2) is 57.4 Å². The Balaban J connectivity index is 1.88. The lowest BCUT2D eigenvalue weighted by atomic mass is 10.2. The molecular weight excluding hydrogens is 196 g/mol. The Labute approximate surface area is 88.4 Å². The van der Waals surface area contributed by atoms with E-state index < -0.39 is 0 Å². The van der Waals surface area contributed by atoms with E-state index in [0.717, 1.165) is 25.3 Å². The molecule has 6 nitrogen and oxygen atoms in total. The molecule has 0 saturated carbocycles. The van der Waals surface area contributed by atoms with Gasteiger partial charge in [0.2, 0.25) is 0 Å². The molecule has 1 N–H and O–H groups in total. The maximum atomic E-state index is 9.00. The van der Waals surface area contributed by atoms with Crippen LogP contribution in [-0.2, 0) is 18.3 Å². The van der Waals surface area contributed by atoms with Gasteiger partial charge < -0.3 is 9.84 Å². The topological polar surface area (TPSA) is 63.4 Å². The molecule has 1 aliphatic rings. The second-order valence-corrected chi connectivity index (χ2v) is 3.79. The lowest BCUT2D eigenvalue weighted by Crippen LogP contribution is -2.43. The minimum absolute atomic E-state index is 0.0598. The minimum atomic E-state index is -0.0598. The second-order valence-electron chi connectivity index (χ2n) is 3.79. The van der Waals surface area contributed by atoms with E-state index in [1.165, 1.54) is 0 Å². The first-order valence-electron chi connectivity index (χ1n) is 5.08. The van der Waals surface area contributed by atoms with Gasteiger partial charge in [-0.05, 0) is 0 Å². The van der Waals surface area contributed by atoms with Crippen molar-refractivity contribution in [1.29, 1.82) is 0 Å². The molecule has 0 radical (unpaired) electrons. The Morgan fingerprint density at radius 3 is 3.20 bits per heavy atom. The van der Waals surface area contributed by atoms with Crippen molar-refractivity contribution in [1.82, 2.24) is 19.9 Å². The number of hydrogen-bond acceptors (Lipinski definition) is 5. The second kappa shape index (κ2) is 4.69. The zero-order valence-corrected chi connectivity index (χ0v) is 8.83. The van der Waals surface area contributed by atoms with Crippen LogP contribution in [0.3, 0.4) is 0 Å². The Hall–Kier alpha value is -0.980. The summed E-state index contributed by atoms with van der Waals surface area (Å²) in [7, 11) is 1.85. The van der Waals surface area contributed by atoms with Crippen molar-refractivity contribution in [3.8, 4) is 0 Å². The fourth-order valence-electron chi connectivity index (χ4n) is 1.73. The van der Waals surface area contributed by atoms with Gasteiger partial charge in [0.25, 0.3) is 0 Å². The lowest BCUT2D eigenvalue weighted by molar-refractivity contribution is -0.0553. The number of aliphatic hydroxyl groups is 1. The van der Waals surface area contributed by atoms with Crippen molar-refractivity contribution >= 4 is 0 Å². The van der Waals surface area contributed by atoms with Crippen molar-refractivity contribution in [2.24, 2.45) is 7.05 Å². The molecule has 15 heavy (non-hydrogen) atoms. The number of aryl methyl sites for hydroxylation is 1. The van der Waals surface area contributed by atoms with E-state index in [4.69, 9.17) is 9.84 Å². The van der Waals surface area contributed by atoms with Gasteiger partial charge >= 0.3 is 0 Å². The number of aliphatic hydroxyl groups excluding tert-OH is 1. The molecule has 1 aromatic rings. The van der Waals surface area contributed by atoms with Gasteiger partial charge in [-0.1, -0.05) is 5.21 Å². The van der Waals surface area contributed by atoms with E-state index in [0.29, 0.717) is 6.61 Å². The largest absolute Gasteiger partial charge is 0.394 e. The third kappa shape index (κ3) is 2.74. The highest BCUT2D eigenvalue weighted by molar-refractivity contribution is 4.92. The summed E-state index contributed by atoms with van der Waals surface area (Å²) in [5.41, 5.74) is 0.955. The van der Waals surface area contributed by atoms with Crippen molar-refractivity contribution in [3.63, 3.8) is 0 Å². The summed E-state index contributed by atoms with van der Waals surface area (Å²) in [6.45, 7) is 3.16. The predicted octanol–water partition coefficient (Wildman–Crippen LogP) is -0.992. The summed E-state index contributed by atoms with van der Waals surface area (Å²) in [5.74, 6) is 0. The average molecular weight is 212 g/mol. The molecule has 2 rings (SSSR count). The highest BCUT2D eigenvalue weighted by atomic mass is 16.5. The van der Waals surface area contributed by atoms with Gasteiger partial charge in [0, 0.05) is 32.9 Å². The number of rotatable bonds is 3. The molecule has 0 aromatic carbocycles. The van der Waals surface area contributed by atoms with Gasteiger partial charge in [-0.3, -0.25) is 9.58 Å². The Morgan fingerprint density at radius 1 is 1.67 bits per heavy atom. The summed E-state index contributed by atoms with van der Waals surface area (Å²) < 4.78 is 7.06. The molecule has 1 unspecified atom stereocenters. The first-order valence-corrected chi connectivity index (χ1v) is 5.08. The molecule has 1 saturated heterocycles. The summed E-state index contributed by atoms with van der Waals surface area (Å²) in [4.78, 5) is 2.22. The van der Waals surface area contributed by atoms with E-state index in [9.17, 15) is 0 Å². The van der Waals surface area contributed by atoms with Crippen LogP contribution in [0.15, 0.2) is 6.20 Å². The number of aromatic nitrogens is 3. The molecule has 84 valence electrons. The Kier molecular flexibility index (Phi) is 3.30. The van der Waals surface area contributed by atoms with Crippen LogP contribution in [0.4, 0.5) is 0 Å². The maximum Gasteiger partial charge on any atom is 0.0967 e. The molecule has 1 fully saturated rings. The van der Waals surface area contributed by atoms with Crippen LogP contribution in [0, 0.1) is 0 Å². The number of hydrogen-bond donors (Lipinski definition) is 1. The molecular formula is C9H16N4O2. The van der Waals surface area contributed by atoms with Gasteiger partial charge in [-0.2, -0.15) is 0 Å². The van der Waals surface area contributed by atoms with Crippen LogP contribution in [0.25, 0.3) is 0 Å². The Morgan fingerprint density at radius 2 is 2.53 bits per heavy atom.